The molecule has 1 N–H and O–H groups in total. The van der Waals surface area contributed by atoms with Gasteiger partial charge in [-0.25, -0.2) is 8.42 Å². The van der Waals surface area contributed by atoms with Crippen molar-refractivity contribution >= 4 is 33.4 Å². The third-order valence-corrected chi connectivity index (χ3v) is 8.42. The smallest absolute Gasteiger partial charge is 0.243 e. The van der Waals surface area contributed by atoms with Crippen molar-refractivity contribution in [3.05, 3.63) is 54.1 Å². The van der Waals surface area contributed by atoms with E-state index in [1.165, 1.54) is 22.1 Å². The van der Waals surface area contributed by atoms with Crippen LogP contribution in [0.25, 0.3) is 5.69 Å². The number of thioether (sulfide) groups is 1. The molecule has 0 spiro atoms. The Hall–Kier alpha value is -2.76. The number of sulfonamides is 1. The van der Waals surface area contributed by atoms with Crippen molar-refractivity contribution in [2.45, 2.75) is 48.4 Å². The van der Waals surface area contributed by atoms with Gasteiger partial charge in [0, 0.05) is 18.8 Å². The number of amides is 1. The molecule has 1 aromatic heterocycles. The topological polar surface area (TPSA) is 110 Å². The lowest BCUT2D eigenvalue weighted by molar-refractivity contribution is -0.115. The lowest BCUT2D eigenvalue weighted by atomic mass is 10.2. The Labute approximate surface area is 197 Å². The van der Waals surface area contributed by atoms with Gasteiger partial charge in [-0.3, -0.25) is 4.79 Å². The monoisotopic (exact) mass is 486 g/mol. The molecule has 0 bridgehead atoms. The lowest BCUT2D eigenvalue weighted by Gasteiger charge is -2.26. The first kappa shape index (κ1) is 23.4. The Morgan fingerprint density at radius 1 is 1.09 bits per heavy atom. The van der Waals surface area contributed by atoms with Crippen molar-refractivity contribution in [1.82, 2.24) is 24.5 Å². The molecule has 0 saturated carbocycles. The van der Waals surface area contributed by atoms with Crippen LogP contribution in [0.15, 0.2) is 58.6 Å². The fourth-order valence-electron chi connectivity index (χ4n) is 3.65. The molecule has 2 aromatic carbocycles. The average Bonchev–Trinajstić information content (AvgIpc) is 3.28. The highest BCUT2D eigenvalue weighted by Crippen LogP contribution is 2.26. The number of aromatic nitrogens is 4. The van der Waals surface area contributed by atoms with Crippen molar-refractivity contribution in [3.63, 3.8) is 0 Å². The van der Waals surface area contributed by atoms with Gasteiger partial charge in [-0.2, -0.15) is 8.99 Å². The molecule has 0 radical (unpaired) electrons. The summed E-state index contributed by atoms with van der Waals surface area (Å²) in [7, 11) is -3.57. The normalized spacial score (nSPS) is 15.8. The van der Waals surface area contributed by atoms with E-state index in [0.29, 0.717) is 23.9 Å². The molecule has 1 atom stereocenters. The van der Waals surface area contributed by atoms with Gasteiger partial charge >= 0.3 is 0 Å². The summed E-state index contributed by atoms with van der Waals surface area (Å²) in [6, 6.07) is 14.1. The molecule has 1 fully saturated rings. The van der Waals surface area contributed by atoms with Crippen LogP contribution in [-0.2, 0) is 14.8 Å². The number of tetrazole rings is 1. The molecule has 33 heavy (non-hydrogen) atoms. The molecule has 1 aliphatic heterocycles. The van der Waals surface area contributed by atoms with Gasteiger partial charge in [-0.15, -0.1) is 5.10 Å². The molecule has 1 saturated heterocycles. The summed E-state index contributed by atoms with van der Waals surface area (Å²) in [4.78, 5) is 13.0. The summed E-state index contributed by atoms with van der Waals surface area (Å²) < 4.78 is 29.0. The van der Waals surface area contributed by atoms with Gasteiger partial charge < -0.3 is 5.32 Å². The van der Waals surface area contributed by atoms with Gasteiger partial charge in [0.05, 0.1) is 15.8 Å². The quantitative estimate of drug-likeness (QED) is 0.510. The second-order valence-corrected chi connectivity index (χ2v) is 11.1. The van der Waals surface area contributed by atoms with E-state index in [-0.39, 0.29) is 10.8 Å². The largest absolute Gasteiger partial charge is 0.325 e. The SMILES string of the molecule is Cc1ccccc1-n1nnnc1SC(C)C(=O)Nc1cccc(S(=O)(=O)N2CCCCC2)c1. The number of nitrogens with one attached hydrogen (secondary N) is 1. The van der Waals surface area contributed by atoms with E-state index in [9.17, 15) is 13.2 Å². The highest BCUT2D eigenvalue weighted by atomic mass is 32.2. The van der Waals surface area contributed by atoms with Crippen LogP contribution >= 0.6 is 11.8 Å². The summed E-state index contributed by atoms with van der Waals surface area (Å²) in [5.74, 6) is -0.271. The maximum atomic E-state index is 13.0. The minimum absolute atomic E-state index is 0.186. The van der Waals surface area contributed by atoms with E-state index in [0.717, 1.165) is 30.5 Å². The number of carbonyl (C=O) groups excluding carboxylic acids is 1. The number of carbonyl (C=O) groups is 1. The van der Waals surface area contributed by atoms with Crippen molar-refractivity contribution in [3.8, 4) is 5.69 Å². The van der Waals surface area contributed by atoms with E-state index in [1.807, 2.05) is 31.2 Å². The summed E-state index contributed by atoms with van der Waals surface area (Å²) in [5, 5.41) is 14.7. The van der Waals surface area contributed by atoms with Crippen LogP contribution in [0.4, 0.5) is 5.69 Å². The average molecular weight is 487 g/mol. The van der Waals surface area contributed by atoms with Crippen molar-refractivity contribution in [2.75, 3.05) is 18.4 Å². The summed E-state index contributed by atoms with van der Waals surface area (Å²) in [6.45, 7) is 4.78. The van der Waals surface area contributed by atoms with Gasteiger partial charge in [0.15, 0.2) is 0 Å². The first-order valence-corrected chi connectivity index (χ1v) is 13.1. The number of aryl methyl sites for hydroxylation is 1. The zero-order valence-electron chi connectivity index (χ0n) is 18.5. The van der Waals surface area contributed by atoms with Crippen LogP contribution in [0.2, 0.25) is 0 Å². The number of piperidine rings is 1. The molecule has 1 aliphatic rings. The van der Waals surface area contributed by atoms with E-state index in [4.69, 9.17) is 0 Å². The lowest BCUT2D eigenvalue weighted by Crippen LogP contribution is -2.35. The van der Waals surface area contributed by atoms with E-state index < -0.39 is 15.3 Å². The molecule has 1 amide bonds. The Morgan fingerprint density at radius 3 is 2.61 bits per heavy atom. The number of rotatable bonds is 7. The predicted octanol–water partition coefficient (Wildman–Crippen LogP) is 3.26. The van der Waals surface area contributed by atoms with Crippen molar-refractivity contribution in [1.29, 1.82) is 0 Å². The van der Waals surface area contributed by atoms with Crippen LogP contribution in [-0.4, -0.2) is 57.2 Å². The van der Waals surface area contributed by atoms with E-state index in [2.05, 4.69) is 20.8 Å². The predicted molar refractivity (Wildman–Crippen MR) is 127 cm³/mol. The maximum absolute atomic E-state index is 13.0. The molecular weight excluding hydrogens is 460 g/mol. The molecule has 174 valence electrons. The third-order valence-electron chi connectivity index (χ3n) is 5.49. The summed E-state index contributed by atoms with van der Waals surface area (Å²) >= 11 is 1.23. The number of para-hydroxylation sites is 1. The molecular formula is C22H26N6O3S2. The van der Waals surface area contributed by atoms with Crippen molar-refractivity contribution in [2.24, 2.45) is 0 Å². The number of nitrogens with zero attached hydrogens (tertiary/aromatic N) is 5. The van der Waals surface area contributed by atoms with Gasteiger partial charge in [0.2, 0.25) is 21.1 Å². The number of hydrogen-bond acceptors (Lipinski definition) is 7. The minimum atomic E-state index is -3.57. The van der Waals surface area contributed by atoms with Crippen LogP contribution in [0.5, 0.6) is 0 Å². The van der Waals surface area contributed by atoms with E-state index >= 15 is 0 Å². The molecule has 1 unspecified atom stereocenters. The molecule has 2 heterocycles. The zero-order chi connectivity index (χ0) is 23.4. The van der Waals surface area contributed by atoms with E-state index in [1.54, 1.807) is 29.8 Å². The summed E-state index contributed by atoms with van der Waals surface area (Å²) in [6.07, 6.45) is 2.78. The molecule has 3 aromatic rings. The van der Waals surface area contributed by atoms with Crippen LogP contribution in [0.3, 0.4) is 0 Å². The standard InChI is InChI=1S/C22H26N6O3S2/c1-16-9-4-5-12-20(16)28-22(24-25-26-28)32-17(2)21(29)23-18-10-8-11-19(15-18)33(30,31)27-13-6-3-7-14-27/h4-5,8-12,15,17H,3,6-7,13-14H2,1-2H3,(H,23,29). The Kier molecular flexibility index (Phi) is 7.11. The highest BCUT2D eigenvalue weighted by Gasteiger charge is 2.26. The Balaban J connectivity index is 1.46. The highest BCUT2D eigenvalue weighted by molar-refractivity contribution is 8.00. The number of anilines is 1. The van der Waals surface area contributed by atoms with Crippen LogP contribution in [0.1, 0.15) is 31.7 Å². The fourth-order valence-corrected chi connectivity index (χ4v) is 6.01. The molecule has 11 heteroatoms. The fraction of sp³-hybridized carbons (Fsp3) is 0.364. The second-order valence-electron chi connectivity index (χ2n) is 7.90. The maximum Gasteiger partial charge on any atom is 0.243 e. The zero-order valence-corrected chi connectivity index (χ0v) is 20.1. The number of benzene rings is 2. The molecule has 0 aliphatic carbocycles. The van der Waals surface area contributed by atoms with Crippen LogP contribution < -0.4 is 5.32 Å². The molecule has 4 rings (SSSR count). The van der Waals surface area contributed by atoms with Gasteiger partial charge in [-0.05, 0) is 66.9 Å². The van der Waals surface area contributed by atoms with Gasteiger partial charge in [-0.1, -0.05) is 42.4 Å². The first-order chi connectivity index (χ1) is 15.9. The van der Waals surface area contributed by atoms with Crippen LogP contribution in [0, 0.1) is 6.92 Å². The van der Waals surface area contributed by atoms with Crippen molar-refractivity contribution < 1.29 is 13.2 Å². The Morgan fingerprint density at radius 2 is 1.85 bits per heavy atom. The van der Waals surface area contributed by atoms with Gasteiger partial charge in [0.1, 0.15) is 0 Å². The summed E-state index contributed by atoms with van der Waals surface area (Å²) in [5.41, 5.74) is 2.28. The third kappa shape index (κ3) is 5.26. The Bertz CT molecular complexity index is 1240. The van der Waals surface area contributed by atoms with Gasteiger partial charge in [0.25, 0.3) is 0 Å². The number of hydrogen-bond donors (Lipinski definition) is 1. The second kappa shape index (κ2) is 10.0. The minimum Gasteiger partial charge on any atom is -0.325 e. The first-order valence-electron chi connectivity index (χ1n) is 10.8. The molecule has 9 nitrogen and oxygen atoms in total.